The van der Waals surface area contributed by atoms with Crippen LogP contribution in [0.15, 0.2) is 67.3 Å². The lowest BCUT2D eigenvalue weighted by molar-refractivity contribution is 0.0984. The lowest BCUT2D eigenvalue weighted by atomic mass is 9.75. The molecule has 1 heterocycles. The van der Waals surface area contributed by atoms with Crippen LogP contribution in [-0.4, -0.2) is 31.3 Å². The molecule has 32 heavy (non-hydrogen) atoms. The van der Waals surface area contributed by atoms with Gasteiger partial charge in [0.2, 0.25) is 0 Å². The number of unbranched alkanes of at least 4 members (excludes halogenated alkanes) is 1. The maximum absolute atomic E-state index is 13.7. The number of hydrogen-bond acceptors (Lipinski definition) is 3. The van der Waals surface area contributed by atoms with Crippen LogP contribution in [0.25, 0.3) is 0 Å². The number of benzene rings is 2. The van der Waals surface area contributed by atoms with E-state index in [0.717, 1.165) is 43.4 Å². The van der Waals surface area contributed by atoms with Crippen molar-refractivity contribution in [2.75, 3.05) is 25.2 Å². The molecule has 0 spiro atoms. The van der Waals surface area contributed by atoms with Crippen molar-refractivity contribution in [2.45, 2.75) is 45.4 Å². The van der Waals surface area contributed by atoms with E-state index in [1.807, 2.05) is 35.2 Å². The normalized spacial score (nSPS) is 18.3. The van der Waals surface area contributed by atoms with Crippen molar-refractivity contribution in [1.29, 1.82) is 0 Å². The van der Waals surface area contributed by atoms with Gasteiger partial charge in [-0.15, -0.1) is 6.58 Å². The molecule has 1 aliphatic heterocycles. The molecular weight excluding hydrogens is 398 g/mol. The number of aliphatic hydroxyl groups is 1. The Morgan fingerprint density at radius 1 is 1.25 bits per heavy atom. The molecule has 1 N–H and O–H groups in total. The second-order valence-corrected chi connectivity index (χ2v) is 8.57. The van der Waals surface area contributed by atoms with Crippen LogP contribution in [0.1, 0.15) is 54.1 Å². The zero-order valence-corrected chi connectivity index (χ0v) is 19.3. The number of hydrogen-bond donors (Lipinski definition) is 1. The minimum atomic E-state index is -0.0106. The summed E-state index contributed by atoms with van der Waals surface area (Å²) in [4.78, 5) is 15.6. The second-order valence-electron chi connectivity index (χ2n) is 8.57. The molecule has 2 aromatic rings. The van der Waals surface area contributed by atoms with Crippen LogP contribution < -0.4 is 9.64 Å². The molecule has 2 aromatic carbocycles. The van der Waals surface area contributed by atoms with Crippen LogP contribution in [0.5, 0.6) is 5.75 Å². The van der Waals surface area contributed by atoms with Crippen molar-refractivity contribution in [2.24, 2.45) is 5.41 Å². The summed E-state index contributed by atoms with van der Waals surface area (Å²) >= 11 is 0. The van der Waals surface area contributed by atoms with Gasteiger partial charge in [-0.3, -0.25) is 4.79 Å². The topological polar surface area (TPSA) is 49.8 Å². The molecule has 3 rings (SSSR count). The third kappa shape index (κ3) is 5.31. The number of ether oxygens (including phenoxy) is 1. The Kier molecular flexibility index (Phi) is 8.29. The predicted octanol–water partition coefficient (Wildman–Crippen LogP) is 5.74. The molecular formula is C28H35NO3. The highest BCUT2D eigenvalue weighted by Gasteiger charge is 2.34. The summed E-state index contributed by atoms with van der Waals surface area (Å²) in [5.74, 6) is 0.675. The molecule has 170 valence electrons. The molecule has 0 radical (unpaired) electrons. The number of methoxy groups -OCH3 is 1. The largest absolute Gasteiger partial charge is 0.496 e. The number of aliphatic hydroxyl groups excluding tert-OH is 1. The fourth-order valence-electron chi connectivity index (χ4n) is 4.56. The maximum atomic E-state index is 13.7. The van der Waals surface area contributed by atoms with E-state index in [-0.39, 0.29) is 17.9 Å². The van der Waals surface area contributed by atoms with Crippen molar-refractivity contribution in [3.63, 3.8) is 0 Å². The highest BCUT2D eigenvalue weighted by atomic mass is 16.5. The molecule has 0 aromatic heterocycles. The van der Waals surface area contributed by atoms with Gasteiger partial charge < -0.3 is 14.7 Å². The number of anilines is 1. The Morgan fingerprint density at radius 2 is 2.06 bits per heavy atom. The van der Waals surface area contributed by atoms with Crippen LogP contribution in [-0.2, 0) is 12.8 Å². The summed E-state index contributed by atoms with van der Waals surface area (Å²) in [6.45, 7) is 7.06. The molecule has 1 atom stereocenters. The van der Waals surface area contributed by atoms with E-state index in [2.05, 4.69) is 37.8 Å². The SMILES string of the molecule is C=CC1(CCCC)CCN(C(=O)c2ccc(C/C=C\CO)c(OC)c2)c2ccccc2C1. The Bertz CT molecular complexity index is 965. The molecule has 0 fully saturated rings. The fourth-order valence-corrected chi connectivity index (χ4v) is 4.56. The summed E-state index contributed by atoms with van der Waals surface area (Å²) in [6, 6.07) is 13.9. The first-order valence-corrected chi connectivity index (χ1v) is 11.5. The minimum absolute atomic E-state index is 0.0106. The van der Waals surface area contributed by atoms with Gasteiger partial charge in [0.15, 0.2) is 0 Å². The Labute approximate surface area is 192 Å². The van der Waals surface area contributed by atoms with Gasteiger partial charge in [0, 0.05) is 17.8 Å². The first-order chi connectivity index (χ1) is 15.6. The van der Waals surface area contributed by atoms with Crippen molar-refractivity contribution >= 4 is 11.6 Å². The van der Waals surface area contributed by atoms with Gasteiger partial charge in [0.1, 0.15) is 5.75 Å². The number of allylic oxidation sites excluding steroid dienone is 2. The van der Waals surface area contributed by atoms with E-state index in [1.54, 1.807) is 13.2 Å². The number of nitrogens with zero attached hydrogens (tertiary/aromatic N) is 1. The predicted molar refractivity (Wildman–Crippen MR) is 132 cm³/mol. The summed E-state index contributed by atoms with van der Waals surface area (Å²) < 4.78 is 5.56. The van der Waals surface area contributed by atoms with Gasteiger partial charge in [-0.1, -0.05) is 62.3 Å². The third-order valence-electron chi connectivity index (χ3n) is 6.51. The van der Waals surface area contributed by atoms with Crippen LogP contribution in [0.3, 0.4) is 0 Å². The fraction of sp³-hybridized carbons (Fsp3) is 0.393. The number of para-hydroxylation sites is 1. The van der Waals surface area contributed by atoms with Crippen molar-refractivity contribution in [1.82, 2.24) is 0 Å². The smallest absolute Gasteiger partial charge is 0.258 e. The molecule has 1 amide bonds. The zero-order chi connectivity index (χ0) is 23.0. The monoisotopic (exact) mass is 433 g/mol. The van der Waals surface area contributed by atoms with E-state index in [1.165, 1.54) is 5.56 Å². The number of carbonyl (C=O) groups is 1. The Balaban J connectivity index is 1.93. The highest BCUT2D eigenvalue weighted by molar-refractivity contribution is 6.07. The second kappa shape index (κ2) is 11.1. The molecule has 0 saturated carbocycles. The van der Waals surface area contributed by atoms with Crippen molar-refractivity contribution in [3.05, 3.63) is 84.0 Å². The Hall–Kier alpha value is -2.85. The average molecular weight is 434 g/mol. The van der Waals surface area contributed by atoms with Gasteiger partial charge in [0.25, 0.3) is 5.91 Å². The van der Waals surface area contributed by atoms with E-state index < -0.39 is 0 Å². The van der Waals surface area contributed by atoms with Gasteiger partial charge in [-0.05, 0) is 60.4 Å². The van der Waals surface area contributed by atoms with Crippen molar-refractivity contribution < 1.29 is 14.6 Å². The van der Waals surface area contributed by atoms with E-state index >= 15 is 0 Å². The first kappa shape index (κ1) is 23.8. The molecule has 4 nitrogen and oxygen atoms in total. The summed E-state index contributed by atoms with van der Waals surface area (Å²) in [5.41, 5.74) is 3.81. The van der Waals surface area contributed by atoms with E-state index in [0.29, 0.717) is 24.3 Å². The number of carbonyl (C=O) groups excluding carboxylic acids is 1. The molecule has 0 aliphatic carbocycles. The van der Waals surface area contributed by atoms with Crippen molar-refractivity contribution in [3.8, 4) is 5.75 Å². The number of fused-ring (bicyclic) bond motifs is 1. The molecule has 0 bridgehead atoms. The lowest BCUT2D eigenvalue weighted by Crippen LogP contribution is -2.33. The van der Waals surface area contributed by atoms with Gasteiger partial charge >= 0.3 is 0 Å². The van der Waals surface area contributed by atoms with Crippen LogP contribution in [0.2, 0.25) is 0 Å². The highest BCUT2D eigenvalue weighted by Crippen LogP contribution is 2.41. The molecule has 4 heteroatoms. The van der Waals surface area contributed by atoms with Gasteiger partial charge in [0.05, 0.1) is 13.7 Å². The quantitative estimate of drug-likeness (QED) is 0.513. The van der Waals surface area contributed by atoms with Gasteiger partial charge in [-0.2, -0.15) is 0 Å². The first-order valence-electron chi connectivity index (χ1n) is 11.5. The number of rotatable bonds is 9. The van der Waals surface area contributed by atoms with Crippen LogP contribution in [0.4, 0.5) is 5.69 Å². The average Bonchev–Trinajstić information content (AvgIpc) is 3.00. The standard InChI is InChI=1S/C28H35NO3/c1-4-6-16-28(5-2)17-18-29(25-13-8-7-12-24(25)21-28)27(31)23-15-14-22(11-9-10-19-30)26(20-23)32-3/h5,7-10,12-15,20,30H,2,4,6,11,16-19,21H2,1,3H3/b10-9-. The minimum Gasteiger partial charge on any atom is -0.496 e. The molecule has 0 saturated heterocycles. The van der Waals surface area contributed by atoms with Gasteiger partial charge in [-0.25, -0.2) is 0 Å². The van der Waals surface area contributed by atoms with E-state index in [4.69, 9.17) is 9.84 Å². The summed E-state index contributed by atoms with van der Waals surface area (Å²) in [6.07, 6.45) is 11.6. The third-order valence-corrected chi connectivity index (χ3v) is 6.51. The zero-order valence-electron chi connectivity index (χ0n) is 19.3. The Morgan fingerprint density at radius 3 is 2.78 bits per heavy atom. The number of amides is 1. The molecule has 1 aliphatic rings. The van der Waals surface area contributed by atoms with E-state index in [9.17, 15) is 4.79 Å². The molecule has 1 unspecified atom stereocenters. The summed E-state index contributed by atoms with van der Waals surface area (Å²) in [5, 5.41) is 8.96. The summed E-state index contributed by atoms with van der Waals surface area (Å²) in [7, 11) is 1.62. The maximum Gasteiger partial charge on any atom is 0.258 e. The lowest BCUT2D eigenvalue weighted by Gasteiger charge is -2.29. The van der Waals surface area contributed by atoms with Crippen LogP contribution in [0, 0.1) is 5.41 Å². The van der Waals surface area contributed by atoms with Crippen LogP contribution >= 0.6 is 0 Å².